The van der Waals surface area contributed by atoms with E-state index in [1.807, 2.05) is 18.2 Å². The minimum Gasteiger partial charge on any atom is -0.416 e. The zero-order valence-corrected chi connectivity index (χ0v) is 14.6. The summed E-state index contributed by atoms with van der Waals surface area (Å²) >= 11 is 3.54. The Kier molecular flexibility index (Phi) is 5.03. The molecule has 0 amide bonds. The molecule has 0 atom stereocenters. The topological polar surface area (TPSA) is 35.2 Å². The molecule has 0 bridgehead atoms. The Bertz CT molecular complexity index is 392. The smallest absolute Gasteiger partial charge is 0.191 e. The van der Waals surface area contributed by atoms with Crippen LogP contribution in [0.2, 0.25) is 18.1 Å². The summed E-state index contributed by atoms with van der Waals surface area (Å²) in [6, 6.07) is 5.92. The Morgan fingerprint density at radius 3 is 2.39 bits per heavy atom. The van der Waals surface area contributed by atoms with E-state index in [0.29, 0.717) is 0 Å². The third kappa shape index (κ3) is 3.83. The zero-order valence-electron chi connectivity index (χ0n) is 12.0. The lowest BCUT2D eigenvalue weighted by Crippen LogP contribution is -2.41. The van der Waals surface area contributed by atoms with Gasteiger partial charge in [-0.15, -0.1) is 0 Å². The molecule has 1 aromatic carbocycles. The van der Waals surface area contributed by atoms with Crippen LogP contribution in [0.1, 0.15) is 26.3 Å². The molecule has 0 spiro atoms. The maximum absolute atomic E-state index is 6.17. The molecule has 2 nitrogen and oxygen atoms in total. The first-order chi connectivity index (χ1) is 8.15. The van der Waals surface area contributed by atoms with Crippen molar-refractivity contribution in [1.82, 2.24) is 0 Å². The van der Waals surface area contributed by atoms with E-state index in [9.17, 15) is 0 Å². The molecule has 1 rings (SSSR count). The summed E-state index contributed by atoms with van der Waals surface area (Å²) in [7, 11) is -1.65. The summed E-state index contributed by atoms with van der Waals surface area (Å²) in [5.74, 6) is 0. The predicted octanol–water partition coefficient (Wildman–Crippen LogP) is 4.60. The number of hydrogen-bond donors (Lipinski definition) is 1. The van der Waals surface area contributed by atoms with Crippen LogP contribution in [0.15, 0.2) is 22.7 Å². The van der Waals surface area contributed by atoms with Crippen LogP contribution in [0, 0.1) is 0 Å². The lowest BCUT2D eigenvalue weighted by atomic mass is 10.1. The van der Waals surface area contributed by atoms with Gasteiger partial charge in [-0.2, -0.15) is 0 Å². The van der Waals surface area contributed by atoms with Gasteiger partial charge in [-0.3, -0.25) is 0 Å². The van der Waals surface area contributed by atoms with Gasteiger partial charge >= 0.3 is 0 Å². The second-order valence-corrected chi connectivity index (χ2v) is 11.8. The highest BCUT2D eigenvalue weighted by molar-refractivity contribution is 9.10. The van der Waals surface area contributed by atoms with E-state index in [1.54, 1.807) is 0 Å². The Hall–Kier alpha value is -0.323. The average Bonchev–Trinajstić information content (AvgIpc) is 2.20. The maximum atomic E-state index is 6.17. The molecule has 0 radical (unpaired) electrons. The molecule has 1 aromatic rings. The summed E-state index contributed by atoms with van der Waals surface area (Å²) < 4.78 is 7.24. The fourth-order valence-corrected chi connectivity index (χ4v) is 3.09. The lowest BCUT2D eigenvalue weighted by molar-refractivity contribution is 0.292. The predicted molar refractivity (Wildman–Crippen MR) is 85.4 cm³/mol. The Labute approximate surface area is 120 Å². The number of nitrogens with two attached hydrogens (primary N) is 1. The van der Waals surface area contributed by atoms with Gasteiger partial charge in [-0.25, -0.2) is 0 Å². The molecule has 0 aliphatic carbocycles. The summed E-state index contributed by atoms with van der Waals surface area (Å²) in [5.41, 5.74) is 7.97. The largest absolute Gasteiger partial charge is 0.416 e. The van der Waals surface area contributed by atoms with Crippen molar-refractivity contribution in [3.8, 4) is 0 Å². The molecular weight excluding hydrogens is 306 g/mol. The SMILES string of the molecule is CC(C)(C)[Si](C)(C)OCCc1c(N)cccc1Br. The van der Waals surface area contributed by atoms with Crippen LogP contribution in [-0.4, -0.2) is 14.9 Å². The van der Waals surface area contributed by atoms with Gasteiger partial charge in [0.1, 0.15) is 0 Å². The fraction of sp³-hybridized carbons (Fsp3) is 0.571. The van der Waals surface area contributed by atoms with Gasteiger partial charge in [0.15, 0.2) is 8.32 Å². The zero-order chi connectivity index (χ0) is 14.0. The normalized spacial score (nSPS) is 12.8. The molecule has 0 aliphatic rings. The van der Waals surface area contributed by atoms with E-state index in [4.69, 9.17) is 10.2 Å². The lowest BCUT2D eigenvalue weighted by Gasteiger charge is -2.36. The Morgan fingerprint density at radius 1 is 1.28 bits per heavy atom. The number of anilines is 1. The second kappa shape index (κ2) is 5.76. The van der Waals surface area contributed by atoms with Crippen LogP contribution in [0.3, 0.4) is 0 Å². The van der Waals surface area contributed by atoms with E-state index >= 15 is 0 Å². The van der Waals surface area contributed by atoms with Crippen LogP contribution in [0.4, 0.5) is 5.69 Å². The molecule has 0 saturated carbocycles. The third-order valence-corrected chi connectivity index (χ3v) is 9.06. The van der Waals surface area contributed by atoms with Gasteiger partial charge < -0.3 is 10.2 Å². The third-order valence-electron chi connectivity index (χ3n) is 3.78. The van der Waals surface area contributed by atoms with Gasteiger partial charge in [0.2, 0.25) is 0 Å². The monoisotopic (exact) mass is 329 g/mol. The first-order valence-corrected chi connectivity index (χ1v) is 10.0. The first kappa shape index (κ1) is 15.7. The second-order valence-electron chi connectivity index (χ2n) is 6.17. The molecular formula is C14H24BrNOSi. The molecule has 2 N–H and O–H groups in total. The van der Waals surface area contributed by atoms with Crippen LogP contribution < -0.4 is 5.73 Å². The molecule has 0 saturated heterocycles. The van der Waals surface area contributed by atoms with Crippen molar-refractivity contribution in [3.05, 3.63) is 28.2 Å². The summed E-state index contributed by atoms with van der Waals surface area (Å²) in [6.45, 7) is 12.1. The first-order valence-electron chi connectivity index (χ1n) is 6.32. The van der Waals surface area contributed by atoms with Crippen LogP contribution in [0.5, 0.6) is 0 Å². The highest BCUT2D eigenvalue weighted by atomic mass is 79.9. The van der Waals surface area contributed by atoms with Crippen LogP contribution in [-0.2, 0) is 10.8 Å². The van der Waals surface area contributed by atoms with E-state index in [1.165, 1.54) is 0 Å². The summed E-state index contributed by atoms with van der Waals surface area (Å²) in [6.07, 6.45) is 0.861. The van der Waals surface area contributed by atoms with E-state index in [-0.39, 0.29) is 5.04 Å². The van der Waals surface area contributed by atoms with Gasteiger partial charge in [0.25, 0.3) is 0 Å². The molecule has 0 unspecified atom stereocenters. The van der Waals surface area contributed by atoms with Crippen molar-refractivity contribution in [2.45, 2.75) is 45.3 Å². The van der Waals surface area contributed by atoms with Crippen LogP contribution >= 0.6 is 15.9 Å². The van der Waals surface area contributed by atoms with Crippen molar-refractivity contribution in [2.24, 2.45) is 0 Å². The minimum absolute atomic E-state index is 0.256. The molecule has 102 valence electrons. The molecule has 18 heavy (non-hydrogen) atoms. The molecule has 0 heterocycles. The van der Waals surface area contributed by atoms with Crippen molar-refractivity contribution >= 4 is 29.9 Å². The maximum Gasteiger partial charge on any atom is 0.191 e. The van der Waals surface area contributed by atoms with E-state index in [2.05, 4.69) is 49.8 Å². The molecule has 0 aromatic heterocycles. The minimum atomic E-state index is -1.65. The van der Waals surface area contributed by atoms with Crippen molar-refractivity contribution in [3.63, 3.8) is 0 Å². The Balaban J connectivity index is 2.63. The number of halogens is 1. The average molecular weight is 330 g/mol. The van der Waals surface area contributed by atoms with Crippen molar-refractivity contribution < 1.29 is 4.43 Å². The highest BCUT2D eigenvalue weighted by Gasteiger charge is 2.36. The van der Waals surface area contributed by atoms with E-state index < -0.39 is 8.32 Å². The molecule has 0 fully saturated rings. The Morgan fingerprint density at radius 2 is 1.89 bits per heavy atom. The molecule has 0 aliphatic heterocycles. The van der Waals surface area contributed by atoms with E-state index in [0.717, 1.165) is 28.8 Å². The van der Waals surface area contributed by atoms with Gasteiger partial charge in [0, 0.05) is 16.8 Å². The number of hydrogen-bond acceptors (Lipinski definition) is 2. The quantitative estimate of drug-likeness (QED) is 0.647. The van der Waals surface area contributed by atoms with Gasteiger partial charge in [0.05, 0.1) is 0 Å². The number of benzene rings is 1. The standard InChI is InChI=1S/C14H24BrNOSi/c1-14(2,3)18(4,5)17-10-9-11-12(15)7-6-8-13(11)16/h6-8H,9-10,16H2,1-5H3. The number of nitrogen functional groups attached to an aromatic ring is 1. The number of rotatable bonds is 4. The summed E-state index contributed by atoms with van der Waals surface area (Å²) in [5, 5.41) is 0.256. The van der Waals surface area contributed by atoms with Crippen LogP contribution in [0.25, 0.3) is 0 Å². The summed E-state index contributed by atoms with van der Waals surface area (Å²) in [4.78, 5) is 0. The molecule has 4 heteroatoms. The fourth-order valence-electron chi connectivity index (χ4n) is 1.46. The van der Waals surface area contributed by atoms with Gasteiger partial charge in [-0.1, -0.05) is 42.8 Å². The highest BCUT2D eigenvalue weighted by Crippen LogP contribution is 2.36. The van der Waals surface area contributed by atoms with Crippen molar-refractivity contribution in [1.29, 1.82) is 0 Å². The van der Waals surface area contributed by atoms with Crippen molar-refractivity contribution in [2.75, 3.05) is 12.3 Å². The van der Waals surface area contributed by atoms with Gasteiger partial charge in [-0.05, 0) is 42.2 Å².